The summed E-state index contributed by atoms with van der Waals surface area (Å²) in [5, 5.41) is 3.34. The molecule has 0 bridgehead atoms. The van der Waals surface area contributed by atoms with Crippen LogP contribution in [0, 0.1) is 24.5 Å². The summed E-state index contributed by atoms with van der Waals surface area (Å²) < 4.78 is 28.5. The van der Waals surface area contributed by atoms with Gasteiger partial charge in [-0.25, -0.2) is 8.78 Å². The zero-order valence-electron chi connectivity index (χ0n) is 13.5. The molecule has 1 heterocycles. The Morgan fingerprint density at radius 3 is 2.26 bits per heavy atom. The summed E-state index contributed by atoms with van der Waals surface area (Å²) in [5.74, 6) is -0.851. The fourth-order valence-electron chi connectivity index (χ4n) is 3.87. The van der Waals surface area contributed by atoms with Crippen molar-refractivity contribution in [3.05, 3.63) is 34.9 Å². The Kier molecular flexibility index (Phi) is 8.22. The second-order valence-corrected chi connectivity index (χ2v) is 6.37. The third-order valence-corrected chi connectivity index (χ3v) is 5.02. The van der Waals surface area contributed by atoms with E-state index in [1.807, 2.05) is 0 Å². The Labute approximate surface area is 149 Å². The van der Waals surface area contributed by atoms with Gasteiger partial charge in [-0.05, 0) is 31.2 Å². The van der Waals surface area contributed by atoms with Crippen molar-refractivity contribution in [2.75, 3.05) is 26.2 Å². The number of hydrogen-bond donors (Lipinski definition) is 1. The first-order valence-electron chi connectivity index (χ1n) is 8.07. The number of piperazine rings is 1. The smallest absolute Gasteiger partial charge is 0.163 e. The van der Waals surface area contributed by atoms with Crippen molar-refractivity contribution < 1.29 is 8.78 Å². The summed E-state index contributed by atoms with van der Waals surface area (Å²) in [6.45, 7) is 5.31. The lowest BCUT2D eigenvalue weighted by Crippen LogP contribution is -2.47. The van der Waals surface area contributed by atoms with E-state index in [4.69, 9.17) is 0 Å². The molecule has 0 amide bonds. The van der Waals surface area contributed by atoms with Gasteiger partial charge in [0, 0.05) is 37.8 Å². The van der Waals surface area contributed by atoms with Crippen LogP contribution in [0.3, 0.4) is 0 Å². The lowest BCUT2D eigenvalue weighted by molar-refractivity contribution is 0.122. The number of nitrogens with zero attached hydrogens (tertiary/aromatic N) is 1. The molecule has 1 saturated heterocycles. The number of rotatable bonds is 3. The van der Waals surface area contributed by atoms with Crippen LogP contribution in [-0.4, -0.2) is 31.1 Å². The molecule has 1 atom stereocenters. The highest BCUT2D eigenvalue weighted by Gasteiger charge is 2.34. The maximum absolute atomic E-state index is 14.5. The first-order chi connectivity index (χ1) is 10.2. The fraction of sp³-hybridized carbons (Fsp3) is 0.647. The highest BCUT2D eigenvalue weighted by Crippen LogP contribution is 2.41. The third kappa shape index (κ3) is 4.36. The molecule has 2 nitrogen and oxygen atoms in total. The number of benzene rings is 1. The molecular formula is C17H26Cl2F2N2. The molecule has 1 aromatic carbocycles. The summed E-state index contributed by atoms with van der Waals surface area (Å²) in [6.07, 6.45) is 4.68. The van der Waals surface area contributed by atoms with Gasteiger partial charge in [0.25, 0.3) is 0 Å². The van der Waals surface area contributed by atoms with Gasteiger partial charge < -0.3 is 5.32 Å². The van der Waals surface area contributed by atoms with Gasteiger partial charge in [-0.15, -0.1) is 24.8 Å². The Morgan fingerprint density at radius 2 is 1.65 bits per heavy atom. The molecule has 0 spiro atoms. The van der Waals surface area contributed by atoms with E-state index in [2.05, 4.69) is 10.2 Å². The van der Waals surface area contributed by atoms with E-state index in [1.165, 1.54) is 12.8 Å². The largest absolute Gasteiger partial charge is 0.314 e. The highest BCUT2D eigenvalue weighted by molar-refractivity contribution is 5.85. The molecule has 0 unspecified atom stereocenters. The first kappa shape index (κ1) is 20.6. The molecule has 6 heteroatoms. The zero-order valence-corrected chi connectivity index (χ0v) is 15.1. The highest BCUT2D eigenvalue weighted by atomic mass is 35.5. The standard InChI is InChI=1S/C17H24F2N2.2ClH/c1-12-6-7-14(16(19)15(12)18)17(13-4-2-3-5-13)21-10-8-20-9-11-21;;/h6-7,13,17,20H,2-5,8-11H2,1H3;2*1H/t17-;;/m1../s1. The van der Waals surface area contributed by atoms with E-state index >= 15 is 0 Å². The Bertz CT molecular complexity index is 502. The minimum absolute atomic E-state index is 0. The van der Waals surface area contributed by atoms with E-state index in [-0.39, 0.29) is 30.9 Å². The van der Waals surface area contributed by atoms with Gasteiger partial charge in [-0.3, -0.25) is 4.90 Å². The molecule has 2 fully saturated rings. The molecule has 1 saturated carbocycles. The van der Waals surface area contributed by atoms with E-state index in [9.17, 15) is 8.78 Å². The van der Waals surface area contributed by atoms with Gasteiger partial charge in [0.2, 0.25) is 0 Å². The summed E-state index contributed by atoms with van der Waals surface area (Å²) in [6, 6.07) is 3.56. The van der Waals surface area contributed by atoms with Crippen LogP contribution in [0.25, 0.3) is 0 Å². The molecule has 1 aliphatic carbocycles. The molecule has 132 valence electrons. The van der Waals surface area contributed by atoms with Crippen LogP contribution >= 0.6 is 24.8 Å². The third-order valence-electron chi connectivity index (χ3n) is 5.02. The minimum atomic E-state index is -0.675. The minimum Gasteiger partial charge on any atom is -0.314 e. The molecule has 1 aliphatic heterocycles. The van der Waals surface area contributed by atoms with Crippen LogP contribution in [0.5, 0.6) is 0 Å². The van der Waals surface area contributed by atoms with Gasteiger partial charge in [0.05, 0.1) is 0 Å². The van der Waals surface area contributed by atoms with Crippen LogP contribution < -0.4 is 5.32 Å². The van der Waals surface area contributed by atoms with E-state index in [0.29, 0.717) is 17.0 Å². The summed E-state index contributed by atoms with van der Waals surface area (Å²) >= 11 is 0. The topological polar surface area (TPSA) is 15.3 Å². The number of hydrogen-bond acceptors (Lipinski definition) is 2. The Morgan fingerprint density at radius 1 is 1.04 bits per heavy atom. The van der Waals surface area contributed by atoms with Crippen molar-refractivity contribution in [1.82, 2.24) is 10.2 Å². The lowest BCUT2D eigenvalue weighted by Gasteiger charge is -2.38. The van der Waals surface area contributed by atoms with Gasteiger partial charge >= 0.3 is 0 Å². The summed E-state index contributed by atoms with van der Waals surface area (Å²) in [4.78, 5) is 2.35. The van der Waals surface area contributed by atoms with E-state index in [1.54, 1.807) is 19.1 Å². The maximum atomic E-state index is 14.5. The lowest BCUT2D eigenvalue weighted by atomic mass is 9.88. The molecule has 1 aromatic rings. The zero-order chi connectivity index (χ0) is 14.8. The summed E-state index contributed by atoms with van der Waals surface area (Å²) in [7, 11) is 0. The van der Waals surface area contributed by atoms with Crippen LogP contribution in [-0.2, 0) is 0 Å². The fourth-order valence-corrected chi connectivity index (χ4v) is 3.87. The van der Waals surface area contributed by atoms with Crippen molar-refractivity contribution in [2.24, 2.45) is 5.92 Å². The van der Waals surface area contributed by atoms with Crippen molar-refractivity contribution >= 4 is 24.8 Å². The van der Waals surface area contributed by atoms with Crippen molar-refractivity contribution in [2.45, 2.75) is 38.6 Å². The normalized spacial score (nSPS) is 20.7. The number of aryl methyl sites for hydroxylation is 1. The SMILES string of the molecule is Cc1ccc([C@@H](C2CCCC2)N2CCNCC2)c(F)c1F.Cl.Cl. The van der Waals surface area contributed by atoms with Crippen molar-refractivity contribution in [3.8, 4) is 0 Å². The van der Waals surface area contributed by atoms with Crippen LogP contribution in [0.15, 0.2) is 12.1 Å². The van der Waals surface area contributed by atoms with Gasteiger partial charge in [-0.2, -0.15) is 0 Å². The molecule has 0 radical (unpaired) electrons. The van der Waals surface area contributed by atoms with Crippen molar-refractivity contribution in [1.29, 1.82) is 0 Å². The predicted octanol–water partition coefficient (Wildman–Crippen LogP) is 4.25. The second kappa shape index (κ2) is 9.16. The Balaban J connectivity index is 0.00000132. The van der Waals surface area contributed by atoms with Crippen LogP contribution in [0.4, 0.5) is 8.78 Å². The van der Waals surface area contributed by atoms with E-state index < -0.39 is 11.6 Å². The molecule has 2 aliphatic rings. The second-order valence-electron chi connectivity index (χ2n) is 6.37. The summed E-state index contributed by atoms with van der Waals surface area (Å²) in [5.41, 5.74) is 0.952. The first-order valence-corrected chi connectivity index (χ1v) is 8.07. The monoisotopic (exact) mass is 366 g/mol. The van der Waals surface area contributed by atoms with Crippen LogP contribution in [0.2, 0.25) is 0 Å². The van der Waals surface area contributed by atoms with Crippen molar-refractivity contribution in [3.63, 3.8) is 0 Å². The molecular weight excluding hydrogens is 341 g/mol. The maximum Gasteiger partial charge on any atom is 0.163 e. The van der Waals surface area contributed by atoms with Crippen LogP contribution in [0.1, 0.15) is 42.9 Å². The number of nitrogens with one attached hydrogen (secondary N) is 1. The molecule has 1 N–H and O–H groups in total. The van der Waals surface area contributed by atoms with Gasteiger partial charge in [0.1, 0.15) is 0 Å². The van der Waals surface area contributed by atoms with E-state index in [0.717, 1.165) is 39.0 Å². The average molecular weight is 367 g/mol. The molecule has 0 aromatic heterocycles. The van der Waals surface area contributed by atoms with Gasteiger partial charge in [-0.1, -0.05) is 25.0 Å². The Hall–Kier alpha value is -0.420. The average Bonchev–Trinajstić information content (AvgIpc) is 3.03. The predicted molar refractivity (Wildman–Crippen MR) is 94.7 cm³/mol. The molecule has 23 heavy (non-hydrogen) atoms. The quantitative estimate of drug-likeness (QED) is 0.859. The van der Waals surface area contributed by atoms with Gasteiger partial charge in [0.15, 0.2) is 11.6 Å². The number of halogens is 4. The molecule has 3 rings (SSSR count).